The van der Waals surface area contributed by atoms with Crippen molar-refractivity contribution in [3.8, 4) is 11.1 Å². The van der Waals surface area contributed by atoms with Crippen LogP contribution in [0.4, 0.5) is 8.78 Å². The monoisotopic (exact) mass is 501 g/mol. The van der Waals surface area contributed by atoms with Crippen molar-refractivity contribution in [2.45, 2.75) is 65.7 Å². The van der Waals surface area contributed by atoms with Gasteiger partial charge in [0.15, 0.2) is 15.6 Å². The number of nitrogens with zero attached hydrogens (tertiary/aromatic N) is 1. The van der Waals surface area contributed by atoms with E-state index >= 15 is 8.78 Å². The van der Waals surface area contributed by atoms with E-state index in [0.29, 0.717) is 5.56 Å². The predicted octanol–water partition coefficient (Wildman–Crippen LogP) is 5.70. The second-order valence-corrected chi connectivity index (χ2v) is 13.0. The zero-order valence-corrected chi connectivity index (χ0v) is 22.8. The molecule has 0 radical (unpaired) electrons. The quantitative estimate of drug-likeness (QED) is 0.308. The molecule has 0 spiro atoms. The summed E-state index contributed by atoms with van der Waals surface area (Å²) < 4.78 is 43.6. The average Bonchev–Trinajstić information content (AvgIpc) is 2.78. The van der Waals surface area contributed by atoms with Crippen LogP contribution in [0, 0.1) is 11.6 Å². The van der Waals surface area contributed by atoms with E-state index in [4.69, 9.17) is 9.16 Å². The lowest BCUT2D eigenvalue weighted by molar-refractivity contribution is 0.0524. The summed E-state index contributed by atoms with van der Waals surface area (Å²) >= 11 is 0. The van der Waals surface area contributed by atoms with Crippen molar-refractivity contribution < 1.29 is 22.7 Å². The number of hydrogen-bond acceptors (Lipinski definition) is 4. The third kappa shape index (κ3) is 5.54. The van der Waals surface area contributed by atoms with Gasteiger partial charge in [0.05, 0.1) is 28.7 Å². The Labute approximate surface area is 207 Å². The zero-order valence-electron chi connectivity index (χ0n) is 21.4. The Morgan fingerprint density at radius 2 is 1.69 bits per heavy atom. The normalized spacial score (nSPS) is 12.6. The topological polar surface area (TPSA) is 57.5 Å². The number of rotatable bonds is 7. The molecule has 0 saturated heterocycles. The number of halogens is 2. The minimum absolute atomic E-state index is 0.0501. The molecular weight excluding hydrogens is 468 g/mol. The highest BCUT2D eigenvalue weighted by Crippen LogP contribution is 2.34. The Hall–Kier alpha value is -2.84. The van der Waals surface area contributed by atoms with Gasteiger partial charge in [-0.25, -0.2) is 13.6 Å². The van der Waals surface area contributed by atoms with Crippen LogP contribution >= 0.6 is 0 Å². The first-order chi connectivity index (χ1) is 16.3. The Balaban J connectivity index is 2.11. The van der Waals surface area contributed by atoms with Crippen molar-refractivity contribution in [3.05, 3.63) is 69.5 Å². The lowest BCUT2D eigenvalue weighted by Crippen LogP contribution is -2.27. The van der Waals surface area contributed by atoms with Gasteiger partial charge in [-0.2, -0.15) is 0 Å². The summed E-state index contributed by atoms with van der Waals surface area (Å²) in [7, 11) is -0.805. The molecule has 0 aliphatic heterocycles. The first kappa shape index (κ1) is 26.8. The van der Waals surface area contributed by atoms with Crippen molar-refractivity contribution in [2.24, 2.45) is 0 Å². The maximum atomic E-state index is 15.8. The average molecular weight is 502 g/mol. The summed E-state index contributed by atoms with van der Waals surface area (Å²) in [5.74, 6) is -2.54. The first-order valence-corrected chi connectivity index (χ1v) is 13.1. The lowest BCUT2D eigenvalue weighted by atomic mass is 9.94. The zero-order chi connectivity index (χ0) is 26.1. The van der Waals surface area contributed by atoms with E-state index in [1.165, 1.54) is 10.8 Å². The smallest absolute Gasteiger partial charge is 0.343 e. The van der Waals surface area contributed by atoms with Gasteiger partial charge < -0.3 is 13.7 Å². The van der Waals surface area contributed by atoms with E-state index in [2.05, 4.69) is 20.8 Å². The van der Waals surface area contributed by atoms with E-state index in [-0.39, 0.29) is 40.2 Å². The Kier molecular flexibility index (Phi) is 7.67. The SMILES string of the molecule is CCOC(=O)c1cn(CC)c2c(F)c(-c3ccc(C(C)(C)O[SiH2]C(C)(C)C)cc3)c(F)cc2c1=O. The molecule has 0 saturated carbocycles. The molecule has 0 aliphatic rings. The van der Waals surface area contributed by atoms with Gasteiger partial charge in [0, 0.05) is 12.7 Å². The standard InChI is InChI=1S/C27H33F2NO4Si/c1-8-30-15-19(25(32)33-9-2)24(31)18-14-20(28)21(22(29)23(18)30)16-10-12-17(13-11-16)27(6,7)34-35-26(3,4)5/h10-15H,8-9,35H2,1-7H3. The Bertz CT molecular complexity index is 1310. The molecule has 0 N–H and O–H groups in total. The number of carbonyl (C=O) groups excluding carboxylic acids is 1. The van der Waals surface area contributed by atoms with E-state index in [1.54, 1.807) is 26.0 Å². The summed E-state index contributed by atoms with van der Waals surface area (Å²) in [5, 5.41) is -0.0639. The summed E-state index contributed by atoms with van der Waals surface area (Å²) in [4.78, 5) is 25.1. The third-order valence-corrected chi connectivity index (χ3v) is 7.56. The van der Waals surface area contributed by atoms with Crippen molar-refractivity contribution in [2.75, 3.05) is 6.61 Å². The highest BCUT2D eigenvalue weighted by molar-refractivity contribution is 6.31. The fourth-order valence-electron chi connectivity index (χ4n) is 3.87. The van der Waals surface area contributed by atoms with Crippen LogP contribution in [0.1, 0.15) is 64.4 Å². The van der Waals surface area contributed by atoms with Gasteiger partial charge in [-0.3, -0.25) is 4.79 Å². The number of benzene rings is 2. The molecule has 3 rings (SSSR count). The molecule has 1 aromatic heterocycles. The van der Waals surface area contributed by atoms with E-state index < -0.39 is 38.4 Å². The van der Waals surface area contributed by atoms with E-state index in [0.717, 1.165) is 11.6 Å². The largest absolute Gasteiger partial charge is 0.462 e. The number of pyridine rings is 1. The number of ether oxygens (including phenoxy) is 1. The third-order valence-electron chi connectivity index (χ3n) is 5.82. The van der Waals surface area contributed by atoms with Crippen molar-refractivity contribution in [3.63, 3.8) is 0 Å². The Morgan fingerprint density at radius 1 is 1.06 bits per heavy atom. The number of hydrogen-bond donors (Lipinski definition) is 0. The molecule has 0 amide bonds. The van der Waals surface area contributed by atoms with Crippen LogP contribution in [0.3, 0.4) is 0 Å². The molecular formula is C27H33F2NO4Si. The van der Waals surface area contributed by atoms with E-state index in [9.17, 15) is 9.59 Å². The van der Waals surface area contributed by atoms with Crippen molar-refractivity contribution in [1.29, 1.82) is 0 Å². The van der Waals surface area contributed by atoms with Gasteiger partial charge in [0.1, 0.15) is 11.4 Å². The van der Waals surface area contributed by atoms with Gasteiger partial charge in [0.25, 0.3) is 0 Å². The van der Waals surface area contributed by atoms with Gasteiger partial charge in [0.2, 0.25) is 5.43 Å². The van der Waals surface area contributed by atoms with Gasteiger partial charge in [-0.15, -0.1) is 0 Å². The maximum absolute atomic E-state index is 15.8. The fourth-order valence-corrected chi connectivity index (χ4v) is 4.83. The summed E-state index contributed by atoms with van der Waals surface area (Å²) in [6, 6.07) is 7.95. The van der Waals surface area contributed by atoms with Crippen LogP contribution in [-0.4, -0.2) is 26.9 Å². The minimum Gasteiger partial charge on any atom is -0.462 e. The van der Waals surface area contributed by atoms with Crippen LogP contribution in [0.25, 0.3) is 22.0 Å². The highest BCUT2D eigenvalue weighted by atomic mass is 28.2. The molecule has 0 bridgehead atoms. The lowest BCUT2D eigenvalue weighted by Gasteiger charge is -2.30. The van der Waals surface area contributed by atoms with Crippen molar-refractivity contribution in [1.82, 2.24) is 4.57 Å². The summed E-state index contributed by atoms with van der Waals surface area (Å²) in [5.41, 5.74) is -0.556. The predicted molar refractivity (Wildman–Crippen MR) is 138 cm³/mol. The second-order valence-electron chi connectivity index (χ2n) is 10.3. The second kappa shape index (κ2) is 10.0. The number of fused-ring (bicyclic) bond motifs is 1. The number of carbonyl (C=O) groups is 1. The fraction of sp³-hybridized carbons (Fsp3) is 0.407. The first-order valence-electron chi connectivity index (χ1n) is 11.8. The molecule has 1 heterocycles. The summed E-state index contributed by atoms with van der Waals surface area (Å²) in [6.07, 6.45) is 1.27. The molecule has 0 unspecified atom stereocenters. The molecule has 188 valence electrons. The van der Waals surface area contributed by atoms with E-state index in [1.807, 2.05) is 26.0 Å². The van der Waals surface area contributed by atoms with Crippen LogP contribution in [-0.2, 0) is 21.3 Å². The molecule has 0 atom stereocenters. The van der Waals surface area contributed by atoms with Crippen LogP contribution in [0.5, 0.6) is 0 Å². The van der Waals surface area contributed by atoms with Crippen LogP contribution < -0.4 is 5.43 Å². The molecule has 0 fully saturated rings. The molecule has 0 aliphatic carbocycles. The molecule has 5 nitrogen and oxygen atoms in total. The van der Waals surface area contributed by atoms with Gasteiger partial charge in [-0.05, 0) is 49.9 Å². The minimum atomic E-state index is -0.876. The van der Waals surface area contributed by atoms with Crippen LogP contribution in [0.2, 0.25) is 5.04 Å². The summed E-state index contributed by atoms with van der Waals surface area (Å²) in [6.45, 7) is 14.1. The molecule has 8 heteroatoms. The number of aryl methyl sites for hydroxylation is 1. The number of aromatic nitrogens is 1. The molecule has 2 aromatic carbocycles. The van der Waals surface area contributed by atoms with Crippen molar-refractivity contribution >= 4 is 26.6 Å². The molecule has 35 heavy (non-hydrogen) atoms. The van der Waals surface area contributed by atoms with Crippen LogP contribution in [0.15, 0.2) is 41.3 Å². The molecule has 3 aromatic rings. The number of esters is 1. The highest BCUT2D eigenvalue weighted by Gasteiger charge is 2.26. The van der Waals surface area contributed by atoms with Gasteiger partial charge in [-0.1, -0.05) is 45.0 Å². The Morgan fingerprint density at radius 3 is 2.23 bits per heavy atom. The van der Waals surface area contributed by atoms with Gasteiger partial charge >= 0.3 is 5.97 Å². The maximum Gasteiger partial charge on any atom is 0.343 e.